The fourth-order valence-electron chi connectivity index (χ4n) is 2.54. The fourth-order valence-corrected chi connectivity index (χ4v) is 2.54. The van der Waals surface area contributed by atoms with Crippen LogP contribution < -0.4 is 11.1 Å². The standard InChI is InChI=1S/C15H32N4O/c1-11(2)14(19-8-6-18(5)7-9-19)10-17-15(20)12(3)13(4)16/h11-14H,6-10,16H2,1-5H3,(H,17,20). The van der Waals surface area contributed by atoms with Gasteiger partial charge in [0.1, 0.15) is 0 Å². The summed E-state index contributed by atoms with van der Waals surface area (Å²) >= 11 is 0. The van der Waals surface area contributed by atoms with E-state index in [1.54, 1.807) is 0 Å². The summed E-state index contributed by atoms with van der Waals surface area (Å²) in [6.07, 6.45) is 0. The van der Waals surface area contributed by atoms with Crippen molar-refractivity contribution in [3.8, 4) is 0 Å². The van der Waals surface area contributed by atoms with Crippen LogP contribution in [-0.4, -0.2) is 67.6 Å². The van der Waals surface area contributed by atoms with Crippen molar-refractivity contribution < 1.29 is 4.79 Å². The van der Waals surface area contributed by atoms with E-state index in [2.05, 4.69) is 36.0 Å². The predicted molar refractivity (Wildman–Crippen MR) is 83.5 cm³/mol. The zero-order valence-corrected chi connectivity index (χ0v) is 13.7. The lowest BCUT2D eigenvalue weighted by atomic mass is 10.00. The Hall–Kier alpha value is -0.650. The molecule has 0 aromatic carbocycles. The van der Waals surface area contributed by atoms with E-state index in [1.807, 2.05) is 13.8 Å². The lowest BCUT2D eigenvalue weighted by Crippen LogP contribution is -2.54. The summed E-state index contributed by atoms with van der Waals surface area (Å²) in [5.74, 6) is 0.472. The molecule has 5 nitrogen and oxygen atoms in total. The van der Waals surface area contributed by atoms with Gasteiger partial charge >= 0.3 is 0 Å². The summed E-state index contributed by atoms with van der Waals surface area (Å²) in [6, 6.07) is 0.309. The molecule has 5 heteroatoms. The molecule has 118 valence electrons. The van der Waals surface area contributed by atoms with Gasteiger partial charge in [-0.1, -0.05) is 20.8 Å². The number of nitrogens with two attached hydrogens (primary N) is 1. The van der Waals surface area contributed by atoms with Crippen LogP contribution in [0.5, 0.6) is 0 Å². The number of carbonyl (C=O) groups is 1. The quantitative estimate of drug-likeness (QED) is 0.739. The minimum absolute atomic E-state index is 0.0692. The largest absolute Gasteiger partial charge is 0.354 e. The van der Waals surface area contributed by atoms with Crippen molar-refractivity contribution in [1.82, 2.24) is 15.1 Å². The molecule has 1 aliphatic rings. The van der Waals surface area contributed by atoms with Crippen LogP contribution in [0.1, 0.15) is 27.7 Å². The van der Waals surface area contributed by atoms with E-state index in [9.17, 15) is 4.79 Å². The van der Waals surface area contributed by atoms with Gasteiger partial charge in [0.15, 0.2) is 0 Å². The third-order valence-electron chi connectivity index (χ3n) is 4.46. The van der Waals surface area contributed by atoms with Gasteiger partial charge in [0, 0.05) is 50.7 Å². The van der Waals surface area contributed by atoms with Crippen LogP contribution in [0.15, 0.2) is 0 Å². The first kappa shape index (κ1) is 17.4. The number of hydrogen-bond donors (Lipinski definition) is 2. The van der Waals surface area contributed by atoms with Crippen LogP contribution in [0.25, 0.3) is 0 Å². The maximum atomic E-state index is 12.0. The normalized spacial score (nSPS) is 22.6. The van der Waals surface area contributed by atoms with E-state index in [4.69, 9.17) is 5.73 Å². The van der Waals surface area contributed by atoms with Crippen molar-refractivity contribution >= 4 is 5.91 Å². The number of hydrogen-bond acceptors (Lipinski definition) is 4. The summed E-state index contributed by atoms with van der Waals surface area (Å²) in [5.41, 5.74) is 5.78. The molecule has 0 aromatic rings. The molecule has 1 rings (SSSR count). The van der Waals surface area contributed by atoms with Crippen LogP contribution in [0.4, 0.5) is 0 Å². The number of carbonyl (C=O) groups excluding carboxylic acids is 1. The van der Waals surface area contributed by atoms with E-state index in [1.165, 1.54) is 0 Å². The number of nitrogens with one attached hydrogen (secondary N) is 1. The Morgan fingerprint density at radius 1 is 1.15 bits per heavy atom. The number of likely N-dealkylation sites (N-methyl/N-ethyl adjacent to an activating group) is 1. The van der Waals surface area contributed by atoms with Crippen LogP contribution >= 0.6 is 0 Å². The van der Waals surface area contributed by atoms with E-state index in [0.717, 1.165) is 32.7 Å². The van der Waals surface area contributed by atoms with Crippen LogP contribution in [0.2, 0.25) is 0 Å². The van der Waals surface area contributed by atoms with Gasteiger partial charge in [0.2, 0.25) is 5.91 Å². The van der Waals surface area contributed by atoms with Gasteiger partial charge in [-0.05, 0) is 19.9 Å². The third-order valence-corrected chi connectivity index (χ3v) is 4.46. The van der Waals surface area contributed by atoms with Gasteiger partial charge in [-0.2, -0.15) is 0 Å². The molecule has 0 aromatic heterocycles. The van der Waals surface area contributed by atoms with E-state index in [0.29, 0.717) is 12.0 Å². The minimum atomic E-state index is -0.129. The van der Waals surface area contributed by atoms with Gasteiger partial charge in [0.05, 0.1) is 0 Å². The second-order valence-electron chi connectivity index (χ2n) is 6.54. The van der Waals surface area contributed by atoms with Crippen molar-refractivity contribution in [3.05, 3.63) is 0 Å². The van der Waals surface area contributed by atoms with E-state index in [-0.39, 0.29) is 17.9 Å². The van der Waals surface area contributed by atoms with Crippen molar-refractivity contribution in [3.63, 3.8) is 0 Å². The zero-order chi connectivity index (χ0) is 15.3. The Balaban J connectivity index is 2.49. The van der Waals surface area contributed by atoms with Crippen molar-refractivity contribution in [2.24, 2.45) is 17.6 Å². The average molecular weight is 284 g/mol. The fraction of sp³-hybridized carbons (Fsp3) is 0.933. The van der Waals surface area contributed by atoms with Gasteiger partial charge in [0.25, 0.3) is 0 Å². The molecule has 0 spiro atoms. The Labute approximate surface area is 123 Å². The summed E-state index contributed by atoms with van der Waals surface area (Å²) in [7, 11) is 2.16. The molecule has 0 saturated carbocycles. The average Bonchev–Trinajstić information content (AvgIpc) is 2.39. The molecule has 0 radical (unpaired) electrons. The lowest BCUT2D eigenvalue weighted by Gasteiger charge is -2.40. The molecule has 1 saturated heterocycles. The van der Waals surface area contributed by atoms with Crippen molar-refractivity contribution in [1.29, 1.82) is 0 Å². The van der Waals surface area contributed by atoms with Gasteiger partial charge in [-0.3, -0.25) is 9.69 Å². The third kappa shape index (κ3) is 5.04. The Morgan fingerprint density at radius 2 is 1.70 bits per heavy atom. The molecule has 20 heavy (non-hydrogen) atoms. The first-order valence-corrected chi connectivity index (χ1v) is 7.78. The van der Waals surface area contributed by atoms with Crippen LogP contribution in [0, 0.1) is 11.8 Å². The Kier molecular flexibility index (Phi) is 6.92. The molecule has 1 fully saturated rings. The first-order chi connectivity index (χ1) is 9.32. The maximum absolute atomic E-state index is 12.0. The molecule has 1 heterocycles. The van der Waals surface area contributed by atoms with Crippen LogP contribution in [-0.2, 0) is 4.79 Å². The summed E-state index contributed by atoms with van der Waals surface area (Å²) < 4.78 is 0. The van der Waals surface area contributed by atoms with Crippen molar-refractivity contribution in [2.75, 3.05) is 39.8 Å². The van der Waals surface area contributed by atoms with Gasteiger partial charge in [-0.15, -0.1) is 0 Å². The monoisotopic (exact) mass is 284 g/mol. The highest BCUT2D eigenvalue weighted by atomic mass is 16.1. The van der Waals surface area contributed by atoms with Crippen LogP contribution in [0.3, 0.4) is 0 Å². The summed E-state index contributed by atoms with van der Waals surface area (Å²) in [6.45, 7) is 13.3. The molecule has 0 aliphatic carbocycles. The SMILES string of the molecule is CC(C)C(CNC(=O)C(C)C(C)N)N1CCN(C)CC1. The molecule has 0 bridgehead atoms. The summed E-state index contributed by atoms with van der Waals surface area (Å²) in [5, 5.41) is 3.08. The molecule has 3 unspecified atom stereocenters. The van der Waals surface area contributed by atoms with E-state index < -0.39 is 0 Å². The van der Waals surface area contributed by atoms with Crippen molar-refractivity contribution in [2.45, 2.75) is 39.8 Å². The molecule has 3 atom stereocenters. The highest BCUT2D eigenvalue weighted by Gasteiger charge is 2.26. The second-order valence-corrected chi connectivity index (χ2v) is 6.54. The van der Waals surface area contributed by atoms with Gasteiger partial charge < -0.3 is 16.0 Å². The topological polar surface area (TPSA) is 61.6 Å². The minimum Gasteiger partial charge on any atom is -0.354 e. The highest BCUT2D eigenvalue weighted by molar-refractivity contribution is 5.78. The lowest BCUT2D eigenvalue weighted by molar-refractivity contribution is -0.125. The Morgan fingerprint density at radius 3 is 2.15 bits per heavy atom. The highest BCUT2D eigenvalue weighted by Crippen LogP contribution is 2.13. The molecule has 1 aliphatic heterocycles. The van der Waals surface area contributed by atoms with Gasteiger partial charge in [-0.25, -0.2) is 0 Å². The maximum Gasteiger partial charge on any atom is 0.224 e. The smallest absolute Gasteiger partial charge is 0.224 e. The van der Waals surface area contributed by atoms with E-state index >= 15 is 0 Å². The molecule has 3 N–H and O–H groups in total. The number of rotatable bonds is 6. The predicted octanol–water partition coefficient (Wildman–Crippen LogP) is 0.358. The summed E-state index contributed by atoms with van der Waals surface area (Å²) in [4.78, 5) is 16.9. The second kappa shape index (κ2) is 7.96. The molecular weight excluding hydrogens is 252 g/mol. The number of piperazine rings is 1. The molecule has 1 amide bonds. The zero-order valence-electron chi connectivity index (χ0n) is 13.7. The number of nitrogens with zero attached hydrogens (tertiary/aromatic N) is 2. The first-order valence-electron chi connectivity index (χ1n) is 7.78. The Bertz CT molecular complexity index is 298. The number of amides is 1. The molecular formula is C15H32N4O.